The van der Waals surface area contributed by atoms with Gasteiger partial charge in [-0.05, 0) is 32.9 Å². The number of anilines is 1. The van der Waals surface area contributed by atoms with Crippen molar-refractivity contribution in [3.05, 3.63) is 68.1 Å². The van der Waals surface area contributed by atoms with E-state index in [1.54, 1.807) is 20.8 Å². The van der Waals surface area contributed by atoms with Crippen LogP contribution in [0.25, 0.3) is 11.0 Å². The molecule has 0 fully saturated rings. The zero-order valence-corrected chi connectivity index (χ0v) is 19.2. The van der Waals surface area contributed by atoms with Gasteiger partial charge in [0.1, 0.15) is 5.69 Å². The standard InChI is InChI=1S/C20H24N8O8/c1-20(2,3)25-24-17(16-18(29)23-14-8-10(26(31)32)4-6-12(14)21-16)19(30)22-13-7-5-11(27(33)34)9-15(13)28(35)36/h4-9,25-28,31,33,35H,1-3H3,(H,22,30)(H,23,29)/b24-17-. The summed E-state index contributed by atoms with van der Waals surface area (Å²) in [7, 11) is 0. The molecule has 0 aliphatic rings. The molecule has 3 aromatic rings. The lowest BCUT2D eigenvalue weighted by Gasteiger charge is -2.20. The number of hydrogen-bond donors (Lipinski definition) is 9. The zero-order chi connectivity index (χ0) is 26.8. The summed E-state index contributed by atoms with van der Waals surface area (Å²) in [5.41, 5.74) is -0.517. The fourth-order valence-electron chi connectivity index (χ4n) is 2.96. The third-order valence-electron chi connectivity index (χ3n) is 4.63. The lowest BCUT2D eigenvalue weighted by Crippen LogP contribution is -3.00. The van der Waals surface area contributed by atoms with Crippen LogP contribution in [0.3, 0.4) is 0 Å². The van der Waals surface area contributed by atoms with E-state index in [9.17, 15) is 30.4 Å². The Labute approximate surface area is 202 Å². The van der Waals surface area contributed by atoms with Crippen LogP contribution >= 0.6 is 0 Å². The predicted molar refractivity (Wildman–Crippen MR) is 124 cm³/mol. The van der Waals surface area contributed by atoms with Gasteiger partial charge >= 0.3 is 0 Å². The van der Waals surface area contributed by atoms with Gasteiger partial charge in [-0.3, -0.25) is 9.59 Å². The molecule has 0 saturated heterocycles. The second kappa shape index (κ2) is 10.4. The molecule has 36 heavy (non-hydrogen) atoms. The Kier molecular flexibility index (Phi) is 7.74. The number of benzene rings is 2. The number of aromatic amines is 1. The minimum atomic E-state index is -1.49. The van der Waals surface area contributed by atoms with Crippen LogP contribution in [0.2, 0.25) is 0 Å². The topological polar surface area (TPSA) is 242 Å². The molecule has 0 saturated carbocycles. The lowest BCUT2D eigenvalue weighted by molar-refractivity contribution is -0.996. The molecule has 3 unspecified atom stereocenters. The van der Waals surface area contributed by atoms with Crippen LogP contribution in [0.4, 0.5) is 22.7 Å². The van der Waals surface area contributed by atoms with Gasteiger partial charge < -0.3 is 31.3 Å². The molecule has 9 N–H and O–H groups in total. The molecule has 0 bridgehead atoms. The molecule has 192 valence electrons. The van der Waals surface area contributed by atoms with Crippen molar-refractivity contribution in [2.24, 2.45) is 5.10 Å². The lowest BCUT2D eigenvalue weighted by atomic mass is 10.1. The second-order valence-corrected chi connectivity index (χ2v) is 8.60. The van der Waals surface area contributed by atoms with Gasteiger partial charge in [-0.1, -0.05) is 0 Å². The van der Waals surface area contributed by atoms with E-state index in [0.29, 0.717) is 0 Å². The number of H-pyrrole nitrogens is 1. The maximum absolute atomic E-state index is 13.2. The van der Waals surface area contributed by atoms with Crippen molar-refractivity contribution in [3.8, 4) is 0 Å². The molecule has 1 aromatic heterocycles. The van der Waals surface area contributed by atoms with Crippen molar-refractivity contribution in [2.45, 2.75) is 26.3 Å². The van der Waals surface area contributed by atoms with Crippen molar-refractivity contribution in [3.63, 3.8) is 0 Å². The van der Waals surface area contributed by atoms with Gasteiger partial charge in [0.2, 0.25) is 0 Å². The highest BCUT2D eigenvalue weighted by molar-refractivity contribution is 6.48. The van der Waals surface area contributed by atoms with Crippen LogP contribution in [-0.2, 0) is 4.79 Å². The first-order valence-corrected chi connectivity index (χ1v) is 10.3. The molecule has 0 spiro atoms. The normalized spacial score (nSPS) is 14.9. The number of nitrogens with one attached hydrogen (secondary N) is 6. The quantitative estimate of drug-likeness (QED) is 0.125. The number of quaternary nitrogens is 3. The molecule has 16 heteroatoms. The molecule has 3 atom stereocenters. The second-order valence-electron chi connectivity index (χ2n) is 8.60. The SMILES string of the molecule is CC(C)(C)N/N=C(\C(=O)Nc1ccc([NH+]([O-])O)cc1[NH+]([O-])O)c1nc2ccc([NH+]([O-])O)cc2[nH]c1=O. The van der Waals surface area contributed by atoms with Crippen LogP contribution in [0.5, 0.6) is 0 Å². The number of aromatic nitrogens is 2. The first-order valence-electron chi connectivity index (χ1n) is 10.3. The number of fused-ring (bicyclic) bond motifs is 1. The molecule has 3 rings (SSSR count). The number of carbonyl (C=O) groups excluding carboxylic acids is 1. The van der Waals surface area contributed by atoms with Gasteiger partial charge in [0.15, 0.2) is 28.5 Å². The van der Waals surface area contributed by atoms with E-state index in [4.69, 9.17) is 10.4 Å². The van der Waals surface area contributed by atoms with Gasteiger partial charge in [-0.25, -0.2) is 20.6 Å². The smallest absolute Gasteiger partial charge is 0.278 e. The monoisotopic (exact) mass is 504 g/mol. The van der Waals surface area contributed by atoms with E-state index < -0.39 is 49.8 Å². The number of carbonyl (C=O) groups is 1. The Morgan fingerprint density at radius 2 is 1.61 bits per heavy atom. The fraction of sp³-hybridized carbons (Fsp3) is 0.200. The van der Waals surface area contributed by atoms with E-state index in [0.717, 1.165) is 18.2 Å². The number of amides is 1. The summed E-state index contributed by atoms with van der Waals surface area (Å²) >= 11 is 0. The van der Waals surface area contributed by atoms with Crippen molar-refractivity contribution >= 4 is 45.4 Å². The average molecular weight is 504 g/mol. The molecule has 1 heterocycles. The molecule has 0 aliphatic carbocycles. The Morgan fingerprint density at radius 3 is 2.19 bits per heavy atom. The zero-order valence-electron chi connectivity index (χ0n) is 19.2. The minimum Gasteiger partial charge on any atom is -0.595 e. The van der Waals surface area contributed by atoms with E-state index in [1.165, 1.54) is 18.2 Å². The van der Waals surface area contributed by atoms with Gasteiger partial charge in [-0.15, -0.1) is 0 Å². The molecule has 1 amide bonds. The Bertz CT molecular complexity index is 1360. The highest BCUT2D eigenvalue weighted by Crippen LogP contribution is 2.21. The first kappa shape index (κ1) is 26.8. The van der Waals surface area contributed by atoms with Crippen LogP contribution in [0.15, 0.2) is 46.3 Å². The summed E-state index contributed by atoms with van der Waals surface area (Å²) in [5, 5.41) is 64.1. The van der Waals surface area contributed by atoms with Gasteiger partial charge in [0, 0.05) is 23.7 Å². The largest absolute Gasteiger partial charge is 0.595 e. The summed E-state index contributed by atoms with van der Waals surface area (Å²) in [6, 6.07) is 6.92. The average Bonchev–Trinajstić information content (AvgIpc) is 2.78. The van der Waals surface area contributed by atoms with Gasteiger partial charge in [0.05, 0.1) is 17.1 Å². The summed E-state index contributed by atoms with van der Waals surface area (Å²) in [4.78, 5) is 32.7. The number of hydrazone groups is 1. The Morgan fingerprint density at radius 1 is 1.00 bits per heavy atom. The van der Waals surface area contributed by atoms with E-state index >= 15 is 0 Å². The van der Waals surface area contributed by atoms with E-state index in [2.05, 4.69) is 25.8 Å². The first-order chi connectivity index (χ1) is 16.8. The third-order valence-corrected chi connectivity index (χ3v) is 4.63. The fourth-order valence-corrected chi connectivity index (χ4v) is 2.96. The number of rotatable bonds is 7. The van der Waals surface area contributed by atoms with E-state index in [-0.39, 0.29) is 28.1 Å². The summed E-state index contributed by atoms with van der Waals surface area (Å²) < 4.78 is 0. The maximum atomic E-state index is 13.2. The minimum absolute atomic E-state index is 0.0836. The predicted octanol–water partition coefficient (Wildman–Crippen LogP) is -2.14. The molecule has 2 aromatic carbocycles. The summed E-state index contributed by atoms with van der Waals surface area (Å²) in [6.07, 6.45) is 0. The van der Waals surface area contributed by atoms with Crippen LogP contribution < -0.4 is 32.0 Å². The molecule has 0 aliphatic heterocycles. The highest BCUT2D eigenvalue weighted by Gasteiger charge is 2.24. The Balaban J connectivity index is 2.09. The van der Waals surface area contributed by atoms with Crippen molar-refractivity contribution in [1.82, 2.24) is 15.4 Å². The van der Waals surface area contributed by atoms with Gasteiger partial charge in [-0.2, -0.15) is 20.8 Å². The van der Waals surface area contributed by atoms with Crippen molar-refractivity contribution in [2.75, 3.05) is 5.32 Å². The molecule has 0 radical (unpaired) electrons. The van der Waals surface area contributed by atoms with Gasteiger partial charge in [0.25, 0.3) is 11.5 Å². The van der Waals surface area contributed by atoms with Crippen molar-refractivity contribution < 1.29 is 36.1 Å². The highest BCUT2D eigenvalue weighted by atomic mass is 16.8. The van der Waals surface area contributed by atoms with Crippen molar-refractivity contribution in [1.29, 1.82) is 0 Å². The van der Waals surface area contributed by atoms with Crippen LogP contribution in [0, 0.1) is 15.6 Å². The third kappa shape index (κ3) is 6.23. The molecular formula is C20H24N8O8. The summed E-state index contributed by atoms with van der Waals surface area (Å²) in [5.74, 6) is -1.00. The molecular weight excluding hydrogens is 480 g/mol. The van der Waals surface area contributed by atoms with E-state index in [1.807, 2.05) is 0 Å². The Hall–Kier alpha value is -3.84. The number of nitrogens with zero attached hydrogens (tertiary/aromatic N) is 2. The van der Waals surface area contributed by atoms with Crippen LogP contribution in [0.1, 0.15) is 26.5 Å². The summed E-state index contributed by atoms with van der Waals surface area (Å²) in [6.45, 7) is 5.22. The van der Waals surface area contributed by atoms with Crippen LogP contribution in [-0.4, -0.2) is 42.7 Å². The number of hydrogen-bond acceptors (Lipinski definition) is 11. The maximum Gasteiger partial charge on any atom is 0.278 e. The molecule has 16 nitrogen and oxygen atoms in total.